The number of hydrogen-bond acceptors (Lipinski definition) is 5. The van der Waals surface area contributed by atoms with Crippen LogP contribution >= 0.6 is 23.2 Å². The molecule has 1 unspecified atom stereocenters. The number of nitrogens with zero attached hydrogens (tertiary/aromatic N) is 1. The average molecular weight is 611 g/mol. The number of halogens is 2. The van der Waals surface area contributed by atoms with Crippen LogP contribution in [0.5, 0.6) is 0 Å². The Morgan fingerprint density at radius 2 is 1.73 bits per heavy atom. The number of benzene rings is 2. The highest BCUT2D eigenvalue weighted by Crippen LogP contribution is 2.53. The van der Waals surface area contributed by atoms with Crippen LogP contribution in [0, 0.1) is 5.41 Å². The third-order valence-corrected chi connectivity index (χ3v) is 10.6. The van der Waals surface area contributed by atoms with Gasteiger partial charge in [-0.25, -0.2) is 8.42 Å². The second kappa shape index (κ2) is 12.3. The molecule has 0 aliphatic carbocycles. The fourth-order valence-corrected chi connectivity index (χ4v) is 7.58. The van der Waals surface area contributed by atoms with Crippen molar-refractivity contribution in [1.29, 1.82) is 0 Å². The monoisotopic (exact) mass is 609 g/mol. The van der Waals surface area contributed by atoms with E-state index in [2.05, 4.69) is 6.07 Å². The molecule has 2 fully saturated rings. The van der Waals surface area contributed by atoms with Crippen molar-refractivity contribution in [1.82, 2.24) is 4.90 Å². The van der Waals surface area contributed by atoms with Crippen molar-refractivity contribution in [3.8, 4) is 0 Å². The normalized spacial score (nSPS) is 27.6. The third kappa shape index (κ3) is 7.04. The lowest BCUT2D eigenvalue weighted by molar-refractivity contribution is -0.163. The first-order valence-electron chi connectivity index (χ1n) is 14.1. The lowest BCUT2D eigenvalue weighted by atomic mass is 9.66. The SMILES string of the molecule is CCC(CCS(=O)(=O)CC)N1C(=O)[C@@](C)(C[C@H]2COC(C)(C)O2)C[C@H](c2cccc(Cl)c2)[C@H]1c1ccc(Cl)cc1. The number of ether oxygens (including phenoxy) is 2. The van der Waals surface area contributed by atoms with Crippen molar-refractivity contribution in [2.24, 2.45) is 5.41 Å². The van der Waals surface area contributed by atoms with Gasteiger partial charge in [0.15, 0.2) is 5.79 Å². The van der Waals surface area contributed by atoms with Crippen LogP contribution in [0.1, 0.15) is 83.4 Å². The van der Waals surface area contributed by atoms with Crippen LogP contribution in [0.2, 0.25) is 10.0 Å². The van der Waals surface area contributed by atoms with Gasteiger partial charge in [0.25, 0.3) is 0 Å². The smallest absolute Gasteiger partial charge is 0.229 e. The number of amides is 1. The molecule has 220 valence electrons. The van der Waals surface area contributed by atoms with E-state index in [1.165, 1.54) is 0 Å². The van der Waals surface area contributed by atoms with Gasteiger partial charge in [-0.05, 0) is 74.9 Å². The zero-order chi connectivity index (χ0) is 29.3. The van der Waals surface area contributed by atoms with E-state index in [4.69, 9.17) is 32.7 Å². The molecule has 2 aromatic rings. The highest BCUT2D eigenvalue weighted by atomic mass is 35.5. The van der Waals surface area contributed by atoms with E-state index in [-0.39, 0.29) is 41.5 Å². The summed E-state index contributed by atoms with van der Waals surface area (Å²) < 4.78 is 37.1. The predicted molar refractivity (Wildman–Crippen MR) is 161 cm³/mol. The van der Waals surface area contributed by atoms with Crippen LogP contribution in [-0.4, -0.2) is 55.3 Å². The van der Waals surface area contributed by atoms with E-state index in [0.717, 1.165) is 11.1 Å². The van der Waals surface area contributed by atoms with Crippen molar-refractivity contribution < 1.29 is 22.7 Å². The van der Waals surface area contributed by atoms with Crippen LogP contribution in [-0.2, 0) is 24.1 Å². The van der Waals surface area contributed by atoms with Gasteiger partial charge in [0.2, 0.25) is 5.91 Å². The molecular weight excluding hydrogens is 569 g/mol. The minimum atomic E-state index is -3.21. The summed E-state index contributed by atoms with van der Waals surface area (Å²) in [7, 11) is -3.21. The highest BCUT2D eigenvalue weighted by Gasteiger charge is 2.53. The second-order valence-electron chi connectivity index (χ2n) is 11.9. The molecule has 0 saturated carbocycles. The Morgan fingerprint density at radius 1 is 1.02 bits per heavy atom. The minimum absolute atomic E-state index is 0.0137. The number of piperidine rings is 1. The molecule has 0 bridgehead atoms. The first-order chi connectivity index (χ1) is 18.8. The van der Waals surface area contributed by atoms with Crippen molar-refractivity contribution in [3.05, 3.63) is 69.7 Å². The van der Waals surface area contributed by atoms with E-state index in [9.17, 15) is 13.2 Å². The third-order valence-electron chi connectivity index (χ3n) is 8.40. The fourth-order valence-electron chi connectivity index (χ4n) is 6.34. The van der Waals surface area contributed by atoms with Crippen LogP contribution in [0.25, 0.3) is 0 Å². The van der Waals surface area contributed by atoms with Gasteiger partial charge in [-0.3, -0.25) is 4.79 Å². The van der Waals surface area contributed by atoms with E-state index in [1.807, 2.05) is 75.1 Å². The molecule has 9 heteroatoms. The quantitative estimate of drug-likeness (QED) is 0.285. The van der Waals surface area contributed by atoms with Gasteiger partial charge in [0.05, 0.1) is 24.5 Å². The average Bonchev–Trinajstić information content (AvgIpc) is 3.24. The van der Waals surface area contributed by atoms with Gasteiger partial charge in [0.1, 0.15) is 9.84 Å². The molecule has 1 amide bonds. The van der Waals surface area contributed by atoms with E-state index in [0.29, 0.717) is 42.3 Å². The standard InChI is InChI=1S/C31H41Cl2NO5S/c1-6-25(15-16-40(36,37)7-2)34-28(21-11-13-23(32)14-12-21)27(22-9-8-10-24(33)17-22)19-31(5,29(34)35)18-26-20-38-30(3,4)39-26/h8-14,17,25-28H,6-7,15-16,18-20H2,1-5H3/t25?,26-,27+,28+,31-/m0/s1. The van der Waals surface area contributed by atoms with Gasteiger partial charge in [0, 0.05) is 33.2 Å². The summed E-state index contributed by atoms with van der Waals surface area (Å²) in [4.78, 5) is 16.7. The summed E-state index contributed by atoms with van der Waals surface area (Å²) in [6.45, 7) is 9.89. The number of carbonyl (C=O) groups is 1. The van der Waals surface area contributed by atoms with Gasteiger partial charge in [-0.15, -0.1) is 0 Å². The van der Waals surface area contributed by atoms with Crippen molar-refractivity contribution in [2.45, 2.75) is 90.2 Å². The maximum Gasteiger partial charge on any atom is 0.229 e. The van der Waals surface area contributed by atoms with Crippen molar-refractivity contribution >= 4 is 38.9 Å². The molecule has 0 radical (unpaired) electrons. The number of hydrogen-bond donors (Lipinski definition) is 0. The maximum atomic E-state index is 14.7. The summed E-state index contributed by atoms with van der Waals surface area (Å²) in [6.07, 6.45) is 1.86. The Labute approximate surface area is 249 Å². The van der Waals surface area contributed by atoms with E-state index < -0.39 is 21.0 Å². The topological polar surface area (TPSA) is 72.9 Å². The molecule has 2 aromatic carbocycles. The molecule has 2 aliphatic heterocycles. The van der Waals surface area contributed by atoms with Gasteiger partial charge in [-0.1, -0.05) is 68.2 Å². The van der Waals surface area contributed by atoms with E-state index in [1.54, 1.807) is 6.92 Å². The summed E-state index contributed by atoms with van der Waals surface area (Å²) in [5.41, 5.74) is 1.24. The summed E-state index contributed by atoms with van der Waals surface area (Å²) >= 11 is 12.8. The van der Waals surface area contributed by atoms with Gasteiger partial charge in [-0.2, -0.15) is 0 Å². The molecule has 40 heavy (non-hydrogen) atoms. The predicted octanol–water partition coefficient (Wildman–Crippen LogP) is 7.20. The van der Waals surface area contributed by atoms with Crippen LogP contribution in [0.4, 0.5) is 0 Å². The lowest BCUT2D eigenvalue weighted by Crippen LogP contribution is -2.56. The van der Waals surface area contributed by atoms with Crippen molar-refractivity contribution in [3.63, 3.8) is 0 Å². The van der Waals surface area contributed by atoms with Gasteiger partial charge >= 0.3 is 0 Å². The zero-order valence-corrected chi connectivity index (χ0v) is 26.4. The maximum absolute atomic E-state index is 14.7. The Hall–Kier alpha value is -1.64. The Balaban J connectivity index is 1.83. The molecule has 0 spiro atoms. The molecule has 2 saturated heterocycles. The Morgan fingerprint density at radius 3 is 2.30 bits per heavy atom. The molecule has 4 rings (SSSR count). The molecule has 2 heterocycles. The van der Waals surface area contributed by atoms with Crippen LogP contribution < -0.4 is 0 Å². The first kappa shape index (κ1) is 31.3. The first-order valence-corrected chi connectivity index (χ1v) is 16.7. The lowest BCUT2D eigenvalue weighted by Gasteiger charge is -2.52. The summed E-state index contributed by atoms with van der Waals surface area (Å²) in [6, 6.07) is 14.9. The Kier molecular flexibility index (Phi) is 9.63. The number of sulfone groups is 1. The number of carbonyl (C=O) groups excluding carboxylic acids is 1. The van der Waals surface area contributed by atoms with Crippen molar-refractivity contribution in [2.75, 3.05) is 18.1 Å². The Bertz CT molecular complexity index is 1300. The summed E-state index contributed by atoms with van der Waals surface area (Å²) in [5.74, 6) is -0.660. The van der Waals surface area contributed by atoms with E-state index >= 15 is 0 Å². The molecular formula is C31H41Cl2NO5S. The molecule has 0 N–H and O–H groups in total. The number of likely N-dealkylation sites (tertiary alicyclic amines) is 1. The zero-order valence-electron chi connectivity index (χ0n) is 24.0. The van der Waals surface area contributed by atoms with Gasteiger partial charge < -0.3 is 14.4 Å². The molecule has 0 aromatic heterocycles. The largest absolute Gasteiger partial charge is 0.348 e. The van der Waals surface area contributed by atoms with Crippen LogP contribution in [0.15, 0.2) is 48.5 Å². The second-order valence-corrected chi connectivity index (χ2v) is 15.2. The number of rotatable bonds is 10. The molecule has 5 atom stereocenters. The minimum Gasteiger partial charge on any atom is -0.348 e. The molecule has 6 nitrogen and oxygen atoms in total. The summed E-state index contributed by atoms with van der Waals surface area (Å²) in [5, 5.41) is 1.25. The molecule has 2 aliphatic rings. The fraction of sp³-hybridized carbons (Fsp3) is 0.581. The highest BCUT2D eigenvalue weighted by molar-refractivity contribution is 7.91. The van der Waals surface area contributed by atoms with Crippen LogP contribution in [0.3, 0.4) is 0 Å².